The van der Waals surface area contributed by atoms with Crippen LogP contribution in [-0.4, -0.2) is 19.1 Å². The van der Waals surface area contributed by atoms with Gasteiger partial charge in [0.25, 0.3) is 0 Å². The van der Waals surface area contributed by atoms with E-state index in [2.05, 4.69) is 55.5 Å². The second kappa shape index (κ2) is 16.3. The molecule has 2 heterocycles. The molecule has 0 saturated heterocycles. The summed E-state index contributed by atoms with van der Waals surface area (Å²) in [6.07, 6.45) is 16.8. The fraction of sp³-hybridized carbons (Fsp3) is 0.211. The number of nitrogens with zero attached hydrogens (tertiary/aromatic N) is 4. The van der Waals surface area contributed by atoms with Crippen molar-refractivity contribution in [3.63, 3.8) is 0 Å². The van der Waals surface area contributed by atoms with Crippen LogP contribution in [0.4, 0.5) is 0 Å². The lowest BCUT2D eigenvalue weighted by Gasteiger charge is -2.17. The van der Waals surface area contributed by atoms with Crippen molar-refractivity contribution in [2.45, 2.75) is 61.4 Å². The lowest BCUT2D eigenvalue weighted by Crippen LogP contribution is -2.00. The molecule has 0 amide bonds. The van der Waals surface area contributed by atoms with Crippen molar-refractivity contribution in [3.05, 3.63) is 164 Å². The maximum atomic E-state index is 6.68. The fourth-order valence-corrected chi connectivity index (χ4v) is 7.66. The Kier molecular flexibility index (Phi) is 11.7. The summed E-state index contributed by atoms with van der Waals surface area (Å²) in [5.74, 6) is 0. The Morgan fingerprint density at radius 1 is 0.532 bits per heavy atom. The molecule has 0 unspecified atom stereocenters. The van der Waals surface area contributed by atoms with Crippen molar-refractivity contribution >= 4 is 58.2 Å². The molecule has 0 radical (unpaired) electrons. The third-order valence-corrected chi connectivity index (χ3v) is 10.6. The normalized spacial score (nSPS) is 11.3. The van der Waals surface area contributed by atoms with Gasteiger partial charge in [-0.2, -0.15) is 0 Å². The summed E-state index contributed by atoms with van der Waals surface area (Å²) in [6.45, 7) is 1.86. The zero-order chi connectivity index (χ0) is 32.6. The SMILES string of the molecule is Clc1ccc(Cc2cc(CCCn3ccnc3)ccc2Sc2ccc(CCCn3ccnc3)cc2Cc2ccc(Cl)cc2Cl)c(Cl)c1. The molecule has 4 nitrogen and oxygen atoms in total. The van der Waals surface area contributed by atoms with E-state index < -0.39 is 0 Å². The van der Waals surface area contributed by atoms with E-state index in [1.54, 1.807) is 11.8 Å². The van der Waals surface area contributed by atoms with Crippen LogP contribution in [-0.2, 0) is 38.8 Å². The fourth-order valence-electron chi connectivity index (χ4n) is 5.68. The Bertz CT molecular complexity index is 1780. The second-order valence-electron chi connectivity index (χ2n) is 11.6. The molecule has 240 valence electrons. The first-order chi connectivity index (χ1) is 22.9. The summed E-state index contributed by atoms with van der Waals surface area (Å²) in [4.78, 5) is 10.7. The Morgan fingerprint density at radius 3 is 1.40 bits per heavy atom. The Hall–Kier alpha value is -3.19. The quantitative estimate of drug-likeness (QED) is 0.112. The minimum Gasteiger partial charge on any atom is -0.337 e. The standard InChI is InChI=1S/C38H34Cl4N4S/c39-33-9-7-29(35(41)23-33)21-31-19-27(3-1-15-45-17-13-43-25-45)5-11-37(31)47-38-12-6-28(4-2-16-46-18-14-44-26-46)20-32(38)22-30-8-10-34(40)24-36(30)42/h5-14,17-20,23-26H,1-4,15-16,21-22H2. The predicted octanol–water partition coefficient (Wildman–Crippen LogP) is 11.3. The van der Waals surface area contributed by atoms with Gasteiger partial charge in [0.05, 0.1) is 12.7 Å². The van der Waals surface area contributed by atoms with E-state index in [0.717, 1.165) is 49.9 Å². The van der Waals surface area contributed by atoms with Crippen molar-refractivity contribution in [2.75, 3.05) is 0 Å². The molecule has 0 aliphatic rings. The van der Waals surface area contributed by atoms with Gasteiger partial charge in [-0.1, -0.05) is 94.6 Å². The first-order valence-corrected chi connectivity index (χ1v) is 17.9. The molecule has 0 aliphatic carbocycles. The molecule has 0 bridgehead atoms. The Labute approximate surface area is 300 Å². The minimum absolute atomic E-state index is 0.636. The van der Waals surface area contributed by atoms with Gasteiger partial charge in [-0.05, 0) is 95.5 Å². The van der Waals surface area contributed by atoms with Gasteiger partial charge >= 0.3 is 0 Å². The topological polar surface area (TPSA) is 35.6 Å². The molecule has 0 aliphatic heterocycles. The number of rotatable bonds is 14. The van der Waals surface area contributed by atoms with E-state index in [0.29, 0.717) is 32.9 Å². The number of imidazole rings is 2. The van der Waals surface area contributed by atoms with Crippen molar-refractivity contribution in [1.29, 1.82) is 0 Å². The summed E-state index contributed by atoms with van der Waals surface area (Å²) in [6, 6.07) is 25.2. The van der Waals surface area contributed by atoms with Crippen LogP contribution < -0.4 is 0 Å². The van der Waals surface area contributed by atoms with Crippen LogP contribution >= 0.6 is 58.2 Å². The van der Waals surface area contributed by atoms with Gasteiger partial charge in [0.15, 0.2) is 0 Å². The van der Waals surface area contributed by atoms with Crippen molar-refractivity contribution in [1.82, 2.24) is 19.1 Å². The van der Waals surface area contributed by atoms with Gasteiger partial charge < -0.3 is 9.13 Å². The number of hydrogen-bond donors (Lipinski definition) is 0. The summed E-state index contributed by atoms with van der Waals surface area (Å²) in [7, 11) is 0. The van der Waals surface area contributed by atoms with E-state index >= 15 is 0 Å². The number of aryl methyl sites for hydroxylation is 4. The molecule has 0 saturated carbocycles. The number of benzene rings is 4. The van der Waals surface area contributed by atoms with Crippen LogP contribution in [0.15, 0.2) is 120 Å². The number of halogens is 4. The highest BCUT2D eigenvalue weighted by molar-refractivity contribution is 7.99. The van der Waals surface area contributed by atoms with Gasteiger partial charge in [0.2, 0.25) is 0 Å². The zero-order valence-electron chi connectivity index (χ0n) is 25.8. The first kappa shape index (κ1) is 33.7. The average Bonchev–Trinajstić information content (AvgIpc) is 3.77. The zero-order valence-corrected chi connectivity index (χ0v) is 29.6. The summed E-state index contributed by atoms with van der Waals surface area (Å²) in [5.41, 5.74) is 7.18. The predicted molar refractivity (Wildman–Crippen MR) is 197 cm³/mol. The Balaban J connectivity index is 1.29. The van der Waals surface area contributed by atoms with Crippen LogP contribution in [0.3, 0.4) is 0 Å². The molecule has 6 aromatic rings. The van der Waals surface area contributed by atoms with Crippen molar-refractivity contribution in [2.24, 2.45) is 0 Å². The van der Waals surface area contributed by atoms with E-state index in [9.17, 15) is 0 Å². The van der Waals surface area contributed by atoms with Crippen molar-refractivity contribution in [3.8, 4) is 0 Å². The van der Waals surface area contributed by atoms with Gasteiger partial charge in [0.1, 0.15) is 0 Å². The molecule has 0 N–H and O–H groups in total. The minimum atomic E-state index is 0.636. The van der Waals surface area contributed by atoms with Gasteiger partial charge in [-0.3, -0.25) is 0 Å². The van der Waals surface area contributed by atoms with E-state index in [1.807, 2.05) is 73.8 Å². The molecular weight excluding hydrogens is 686 g/mol. The third kappa shape index (κ3) is 9.46. The largest absolute Gasteiger partial charge is 0.337 e. The molecule has 47 heavy (non-hydrogen) atoms. The Morgan fingerprint density at radius 2 is 1.00 bits per heavy atom. The van der Waals surface area contributed by atoms with E-state index in [-0.39, 0.29) is 0 Å². The van der Waals surface area contributed by atoms with Gasteiger partial charge in [-0.25, -0.2) is 9.97 Å². The third-order valence-electron chi connectivity index (χ3n) is 8.14. The van der Waals surface area contributed by atoms with Crippen LogP contribution in [0.1, 0.15) is 46.2 Å². The lowest BCUT2D eigenvalue weighted by atomic mass is 10.0. The van der Waals surface area contributed by atoms with Crippen molar-refractivity contribution < 1.29 is 0 Å². The second-order valence-corrected chi connectivity index (χ2v) is 14.4. The highest BCUT2D eigenvalue weighted by Gasteiger charge is 2.14. The molecule has 2 aromatic heterocycles. The maximum Gasteiger partial charge on any atom is 0.0945 e. The molecule has 0 atom stereocenters. The molecule has 0 fully saturated rings. The highest BCUT2D eigenvalue weighted by Crippen LogP contribution is 2.38. The number of hydrogen-bond acceptors (Lipinski definition) is 3. The van der Waals surface area contributed by atoms with Crippen LogP contribution in [0, 0.1) is 0 Å². The molecule has 9 heteroatoms. The highest BCUT2D eigenvalue weighted by atomic mass is 35.5. The summed E-state index contributed by atoms with van der Waals surface area (Å²) < 4.78 is 4.24. The molecule has 0 spiro atoms. The average molecular weight is 721 g/mol. The van der Waals surface area contributed by atoms with E-state index in [1.165, 1.54) is 32.0 Å². The van der Waals surface area contributed by atoms with Crippen LogP contribution in [0.25, 0.3) is 0 Å². The van der Waals surface area contributed by atoms with Crippen LogP contribution in [0.2, 0.25) is 20.1 Å². The monoisotopic (exact) mass is 718 g/mol. The van der Waals surface area contributed by atoms with Gasteiger partial charge in [-0.15, -0.1) is 0 Å². The van der Waals surface area contributed by atoms with E-state index in [4.69, 9.17) is 46.4 Å². The summed E-state index contributed by atoms with van der Waals surface area (Å²) >= 11 is 27.6. The number of aromatic nitrogens is 4. The maximum absolute atomic E-state index is 6.68. The molecule has 4 aromatic carbocycles. The van der Waals surface area contributed by atoms with Gasteiger partial charge in [0, 0.05) is 80.6 Å². The molecular formula is C38H34Cl4N4S. The van der Waals surface area contributed by atoms with Crippen LogP contribution in [0.5, 0.6) is 0 Å². The smallest absolute Gasteiger partial charge is 0.0945 e. The lowest BCUT2D eigenvalue weighted by molar-refractivity contribution is 0.641. The molecule has 6 rings (SSSR count). The summed E-state index contributed by atoms with van der Waals surface area (Å²) in [5, 5.41) is 2.63. The first-order valence-electron chi connectivity index (χ1n) is 15.6.